The van der Waals surface area contributed by atoms with Crippen molar-refractivity contribution < 1.29 is 14.3 Å². The van der Waals surface area contributed by atoms with Crippen molar-refractivity contribution in [1.82, 2.24) is 9.80 Å². The smallest absolute Gasteiger partial charge is 0.410 e. The lowest BCUT2D eigenvalue weighted by molar-refractivity contribution is -0.00811. The second-order valence-corrected chi connectivity index (χ2v) is 9.11. The zero-order chi connectivity index (χ0) is 18.9. The molecule has 2 aliphatic rings. The van der Waals surface area contributed by atoms with E-state index in [1.54, 1.807) is 0 Å². The van der Waals surface area contributed by atoms with Crippen molar-refractivity contribution in [2.24, 2.45) is 0 Å². The van der Waals surface area contributed by atoms with Crippen LogP contribution in [-0.2, 0) is 11.3 Å². The Morgan fingerprint density at radius 3 is 2.58 bits per heavy atom. The largest absolute Gasteiger partial charge is 0.494 e. The second-order valence-electron chi connectivity index (χ2n) is 8.25. The molecule has 6 heteroatoms. The summed E-state index contributed by atoms with van der Waals surface area (Å²) in [5, 5.41) is 0. The number of benzene rings is 1. The Morgan fingerprint density at radius 1 is 1.27 bits per heavy atom. The molecular formula is C20H29BrN2O3. The predicted octanol–water partition coefficient (Wildman–Crippen LogP) is 4.43. The third kappa shape index (κ3) is 4.52. The van der Waals surface area contributed by atoms with E-state index < -0.39 is 5.60 Å². The molecule has 0 aromatic heterocycles. The number of carbonyl (C=O) groups excluding carboxylic acids is 1. The van der Waals surface area contributed by atoms with E-state index in [1.165, 1.54) is 5.56 Å². The molecular weight excluding hydrogens is 396 g/mol. The molecule has 2 fully saturated rings. The van der Waals surface area contributed by atoms with E-state index in [9.17, 15) is 4.79 Å². The summed E-state index contributed by atoms with van der Waals surface area (Å²) in [6, 6.07) is 6.17. The van der Waals surface area contributed by atoms with Gasteiger partial charge in [-0.3, -0.25) is 9.80 Å². The fraction of sp³-hybridized carbons (Fsp3) is 0.650. The van der Waals surface area contributed by atoms with Crippen molar-refractivity contribution in [3.63, 3.8) is 0 Å². The average molecular weight is 425 g/mol. The van der Waals surface area contributed by atoms with Gasteiger partial charge >= 0.3 is 6.09 Å². The molecule has 0 unspecified atom stereocenters. The van der Waals surface area contributed by atoms with Gasteiger partial charge in [-0.15, -0.1) is 0 Å². The minimum atomic E-state index is -0.447. The molecule has 1 saturated carbocycles. The fourth-order valence-corrected chi connectivity index (χ4v) is 4.01. The lowest BCUT2D eigenvalue weighted by atomic mass is 10.1. The highest BCUT2D eigenvalue weighted by molar-refractivity contribution is 9.10. The van der Waals surface area contributed by atoms with Crippen LogP contribution in [0.15, 0.2) is 22.7 Å². The lowest BCUT2D eigenvalue weighted by Gasteiger charge is -2.42. The average Bonchev–Trinajstić information content (AvgIpc) is 3.28. The number of hydrogen-bond donors (Lipinski definition) is 0. The van der Waals surface area contributed by atoms with Gasteiger partial charge < -0.3 is 9.47 Å². The molecule has 144 valence electrons. The first-order valence-electron chi connectivity index (χ1n) is 9.37. The molecule has 0 atom stereocenters. The summed E-state index contributed by atoms with van der Waals surface area (Å²) >= 11 is 3.67. The number of ether oxygens (including phenoxy) is 2. The molecule has 1 aliphatic carbocycles. The van der Waals surface area contributed by atoms with Gasteiger partial charge in [0.15, 0.2) is 0 Å². The summed E-state index contributed by atoms with van der Waals surface area (Å²) in [6.07, 6.45) is 1.96. The van der Waals surface area contributed by atoms with Gasteiger partial charge in [0.2, 0.25) is 0 Å². The van der Waals surface area contributed by atoms with Crippen LogP contribution >= 0.6 is 15.9 Å². The zero-order valence-electron chi connectivity index (χ0n) is 16.2. The highest BCUT2D eigenvalue weighted by Crippen LogP contribution is 2.45. The molecule has 5 nitrogen and oxygen atoms in total. The zero-order valence-corrected chi connectivity index (χ0v) is 17.8. The van der Waals surface area contributed by atoms with Crippen LogP contribution in [0.1, 0.15) is 46.1 Å². The Labute approximate surface area is 164 Å². The number of hydrogen-bond acceptors (Lipinski definition) is 4. The Bertz CT molecular complexity index is 668. The number of piperazine rings is 1. The SMILES string of the molecule is CCOc1ccc(CN2CCN(C(=O)OC(C)(C)C)C3(CC3)C2)c(Br)c1. The standard InChI is InChI=1S/C20H29BrN2O3/c1-5-25-16-7-6-15(17(21)12-16)13-22-10-11-23(20(14-22)8-9-20)18(24)26-19(2,3)4/h6-7,12H,5,8-11,13-14H2,1-4H3. The molecule has 1 amide bonds. The van der Waals surface area contributed by atoms with Gasteiger partial charge in [-0.05, 0) is 58.2 Å². The van der Waals surface area contributed by atoms with Crippen LogP contribution in [0.4, 0.5) is 4.79 Å². The number of amides is 1. The number of halogens is 1. The van der Waals surface area contributed by atoms with Crippen molar-refractivity contribution >= 4 is 22.0 Å². The summed E-state index contributed by atoms with van der Waals surface area (Å²) < 4.78 is 12.2. The van der Waals surface area contributed by atoms with E-state index in [2.05, 4.69) is 26.9 Å². The number of rotatable bonds is 4. The normalized spacial score (nSPS) is 19.5. The van der Waals surface area contributed by atoms with Crippen molar-refractivity contribution in [2.45, 2.75) is 58.2 Å². The summed E-state index contributed by atoms with van der Waals surface area (Å²) in [4.78, 5) is 17.0. The molecule has 0 radical (unpaired) electrons. The van der Waals surface area contributed by atoms with Gasteiger partial charge in [-0.25, -0.2) is 4.79 Å². The third-order valence-electron chi connectivity index (χ3n) is 4.90. The molecule has 3 rings (SSSR count). The van der Waals surface area contributed by atoms with Gasteiger partial charge in [0, 0.05) is 30.7 Å². The van der Waals surface area contributed by atoms with E-state index in [0.717, 1.165) is 49.2 Å². The maximum absolute atomic E-state index is 12.6. The Balaban J connectivity index is 1.63. The van der Waals surface area contributed by atoms with E-state index in [1.807, 2.05) is 44.7 Å². The minimum Gasteiger partial charge on any atom is -0.494 e. The van der Waals surface area contributed by atoms with Gasteiger partial charge in [0.1, 0.15) is 11.4 Å². The second kappa shape index (κ2) is 7.39. The van der Waals surface area contributed by atoms with Crippen LogP contribution in [0, 0.1) is 0 Å². The van der Waals surface area contributed by atoms with Gasteiger partial charge in [-0.2, -0.15) is 0 Å². The summed E-state index contributed by atoms with van der Waals surface area (Å²) in [7, 11) is 0. The summed E-state index contributed by atoms with van der Waals surface area (Å²) in [5.74, 6) is 0.886. The molecule has 1 spiro atoms. The van der Waals surface area contributed by atoms with Gasteiger partial charge in [0.05, 0.1) is 12.1 Å². The third-order valence-corrected chi connectivity index (χ3v) is 5.64. The van der Waals surface area contributed by atoms with Crippen LogP contribution in [-0.4, -0.2) is 53.3 Å². The maximum Gasteiger partial charge on any atom is 0.410 e. The van der Waals surface area contributed by atoms with E-state index in [0.29, 0.717) is 6.61 Å². The van der Waals surface area contributed by atoms with Gasteiger partial charge in [0.25, 0.3) is 0 Å². The minimum absolute atomic E-state index is 0.0294. The van der Waals surface area contributed by atoms with Crippen LogP contribution in [0.3, 0.4) is 0 Å². The lowest BCUT2D eigenvalue weighted by Crippen LogP contribution is -2.57. The quantitative estimate of drug-likeness (QED) is 0.716. The van der Waals surface area contributed by atoms with Crippen molar-refractivity contribution in [3.8, 4) is 5.75 Å². The molecule has 0 bridgehead atoms. The molecule has 1 aromatic carbocycles. The number of nitrogens with zero attached hydrogens (tertiary/aromatic N) is 2. The molecule has 26 heavy (non-hydrogen) atoms. The first-order valence-corrected chi connectivity index (χ1v) is 10.2. The van der Waals surface area contributed by atoms with Crippen molar-refractivity contribution in [1.29, 1.82) is 0 Å². The highest BCUT2D eigenvalue weighted by Gasteiger charge is 2.54. The Hall–Kier alpha value is -1.27. The van der Waals surface area contributed by atoms with E-state index >= 15 is 0 Å². The van der Waals surface area contributed by atoms with E-state index in [-0.39, 0.29) is 11.6 Å². The van der Waals surface area contributed by atoms with E-state index in [4.69, 9.17) is 9.47 Å². The monoisotopic (exact) mass is 424 g/mol. The van der Waals surface area contributed by atoms with Crippen LogP contribution in [0.5, 0.6) is 5.75 Å². The molecule has 1 aliphatic heterocycles. The molecule has 1 heterocycles. The Morgan fingerprint density at radius 2 is 2.00 bits per heavy atom. The Kier molecular flexibility index (Phi) is 5.54. The summed E-state index contributed by atoms with van der Waals surface area (Å²) in [5.41, 5.74) is 0.769. The van der Waals surface area contributed by atoms with Gasteiger partial charge in [-0.1, -0.05) is 22.0 Å². The van der Waals surface area contributed by atoms with Crippen molar-refractivity contribution in [3.05, 3.63) is 28.2 Å². The first kappa shape index (κ1) is 19.5. The van der Waals surface area contributed by atoms with Crippen LogP contribution in [0.2, 0.25) is 0 Å². The fourth-order valence-electron chi connectivity index (χ4n) is 3.52. The van der Waals surface area contributed by atoms with Crippen LogP contribution in [0.25, 0.3) is 0 Å². The summed E-state index contributed by atoms with van der Waals surface area (Å²) in [6.45, 7) is 11.8. The topological polar surface area (TPSA) is 42.0 Å². The first-order chi connectivity index (χ1) is 12.2. The molecule has 1 aromatic rings. The predicted molar refractivity (Wildman–Crippen MR) is 105 cm³/mol. The van der Waals surface area contributed by atoms with Crippen molar-refractivity contribution in [2.75, 3.05) is 26.2 Å². The molecule has 1 saturated heterocycles. The molecule has 0 N–H and O–H groups in total. The number of carbonyl (C=O) groups is 1. The maximum atomic E-state index is 12.6. The highest BCUT2D eigenvalue weighted by atomic mass is 79.9. The van der Waals surface area contributed by atoms with Crippen LogP contribution < -0.4 is 4.74 Å².